The van der Waals surface area contributed by atoms with E-state index in [0.29, 0.717) is 0 Å². The van der Waals surface area contributed by atoms with Crippen LogP contribution in [0.2, 0.25) is 0 Å². The molecule has 0 aromatic heterocycles. The van der Waals surface area contributed by atoms with Crippen LogP contribution in [-0.2, 0) is 6.42 Å². The summed E-state index contributed by atoms with van der Waals surface area (Å²) in [6.45, 7) is 2.26. The van der Waals surface area contributed by atoms with Gasteiger partial charge in [0.2, 0.25) is 0 Å². The van der Waals surface area contributed by atoms with Crippen molar-refractivity contribution >= 4 is 10.8 Å². The van der Waals surface area contributed by atoms with Crippen LogP contribution in [0.1, 0.15) is 49.7 Å². The van der Waals surface area contributed by atoms with Gasteiger partial charge < -0.3 is 0 Å². The van der Waals surface area contributed by atoms with E-state index in [-0.39, 0.29) is 0 Å². The minimum atomic E-state index is 0.824. The zero-order chi connectivity index (χ0) is 11.7. The highest BCUT2D eigenvalue weighted by molar-refractivity contribution is 5.86. The number of benzene rings is 2. The summed E-state index contributed by atoms with van der Waals surface area (Å²) in [5, 5.41) is 2.87. The van der Waals surface area contributed by atoms with E-state index in [2.05, 4.69) is 43.3 Å². The molecule has 2 aromatic carbocycles. The maximum atomic E-state index is 2.46. The normalized spacial score (nSPS) is 16.8. The molecule has 0 atom stereocenters. The zero-order valence-electron chi connectivity index (χ0n) is 10.6. The van der Waals surface area contributed by atoms with Crippen molar-refractivity contribution in [3.05, 3.63) is 47.5 Å². The third-order valence-corrected chi connectivity index (χ3v) is 4.18. The summed E-state index contributed by atoms with van der Waals surface area (Å²) in [5.41, 5.74) is 3.10. The van der Waals surface area contributed by atoms with Gasteiger partial charge in [0.05, 0.1) is 0 Å². The average Bonchev–Trinajstić information content (AvgIpc) is 2.91. The van der Waals surface area contributed by atoms with E-state index in [1.54, 1.807) is 5.56 Å². The van der Waals surface area contributed by atoms with Crippen molar-refractivity contribution < 1.29 is 0 Å². The molecule has 0 heteroatoms. The Morgan fingerprint density at radius 1 is 1.06 bits per heavy atom. The third-order valence-electron chi connectivity index (χ3n) is 4.18. The van der Waals surface area contributed by atoms with Crippen molar-refractivity contribution in [2.24, 2.45) is 0 Å². The summed E-state index contributed by atoms with van der Waals surface area (Å²) in [6.07, 6.45) is 6.75. The Balaban J connectivity index is 2.13. The monoisotopic (exact) mass is 224 g/mol. The predicted octanol–water partition coefficient (Wildman–Crippen LogP) is 5.06. The molecule has 0 N–H and O–H groups in total. The number of rotatable bonds is 2. The van der Waals surface area contributed by atoms with Crippen LogP contribution in [0.25, 0.3) is 10.8 Å². The second kappa shape index (κ2) is 4.52. The van der Waals surface area contributed by atoms with Crippen molar-refractivity contribution in [1.82, 2.24) is 0 Å². The average molecular weight is 224 g/mol. The molecular weight excluding hydrogens is 204 g/mol. The van der Waals surface area contributed by atoms with Gasteiger partial charge in [-0.25, -0.2) is 0 Å². The van der Waals surface area contributed by atoms with Crippen LogP contribution in [-0.4, -0.2) is 0 Å². The van der Waals surface area contributed by atoms with Gasteiger partial charge in [0.25, 0.3) is 0 Å². The molecule has 2 aromatic rings. The van der Waals surface area contributed by atoms with Crippen molar-refractivity contribution in [2.45, 2.75) is 44.9 Å². The first-order valence-electron chi connectivity index (χ1n) is 6.90. The Labute approximate surface area is 104 Å². The van der Waals surface area contributed by atoms with Gasteiger partial charge in [0.1, 0.15) is 0 Å². The Morgan fingerprint density at radius 2 is 1.82 bits per heavy atom. The molecule has 0 amide bonds. The molecule has 0 unspecified atom stereocenters. The van der Waals surface area contributed by atoms with E-state index >= 15 is 0 Å². The first-order chi connectivity index (χ1) is 8.38. The molecule has 0 spiro atoms. The molecule has 3 rings (SSSR count). The molecule has 1 aliphatic carbocycles. The van der Waals surface area contributed by atoms with E-state index < -0.39 is 0 Å². The fourth-order valence-electron chi connectivity index (χ4n) is 3.20. The molecule has 17 heavy (non-hydrogen) atoms. The molecule has 1 aliphatic rings. The quantitative estimate of drug-likeness (QED) is 0.669. The van der Waals surface area contributed by atoms with E-state index in [4.69, 9.17) is 0 Å². The first kappa shape index (κ1) is 10.8. The van der Waals surface area contributed by atoms with Crippen molar-refractivity contribution in [1.29, 1.82) is 0 Å². The van der Waals surface area contributed by atoms with Crippen LogP contribution in [0.15, 0.2) is 36.4 Å². The molecule has 88 valence electrons. The smallest absolute Gasteiger partial charge is 0.0152 e. The van der Waals surface area contributed by atoms with Crippen LogP contribution in [0.4, 0.5) is 0 Å². The van der Waals surface area contributed by atoms with Crippen LogP contribution < -0.4 is 0 Å². The fourth-order valence-corrected chi connectivity index (χ4v) is 3.20. The standard InChI is InChI=1S/C17H20/c1-2-13-11-16(14-7-3-4-8-14)12-15-9-5-6-10-17(13)15/h5-6,9-12,14H,2-4,7-8H2,1H3. The minimum Gasteiger partial charge on any atom is -0.0616 e. The minimum absolute atomic E-state index is 0.824. The second-order valence-electron chi connectivity index (χ2n) is 5.24. The van der Waals surface area contributed by atoms with E-state index in [1.165, 1.54) is 42.0 Å². The lowest BCUT2D eigenvalue weighted by atomic mass is 9.91. The number of aryl methyl sites for hydroxylation is 1. The van der Waals surface area contributed by atoms with E-state index in [0.717, 1.165) is 12.3 Å². The summed E-state index contributed by atoms with van der Waals surface area (Å²) < 4.78 is 0. The van der Waals surface area contributed by atoms with Crippen LogP contribution >= 0.6 is 0 Å². The van der Waals surface area contributed by atoms with Gasteiger partial charge in [0.15, 0.2) is 0 Å². The summed E-state index contributed by atoms with van der Waals surface area (Å²) in [7, 11) is 0. The molecular formula is C17H20. The van der Waals surface area contributed by atoms with Crippen molar-refractivity contribution in [2.75, 3.05) is 0 Å². The van der Waals surface area contributed by atoms with E-state index in [1.807, 2.05) is 0 Å². The van der Waals surface area contributed by atoms with Gasteiger partial charge in [-0.1, -0.05) is 56.2 Å². The largest absolute Gasteiger partial charge is 0.0616 e. The summed E-state index contributed by atoms with van der Waals surface area (Å²) in [6, 6.07) is 13.7. The van der Waals surface area contributed by atoms with Crippen molar-refractivity contribution in [3.63, 3.8) is 0 Å². The van der Waals surface area contributed by atoms with Crippen molar-refractivity contribution in [3.8, 4) is 0 Å². The van der Waals surface area contributed by atoms with Crippen LogP contribution in [0, 0.1) is 0 Å². The topological polar surface area (TPSA) is 0 Å². The van der Waals surface area contributed by atoms with Gasteiger partial charge >= 0.3 is 0 Å². The summed E-state index contributed by atoms with van der Waals surface area (Å²) >= 11 is 0. The van der Waals surface area contributed by atoms with Gasteiger partial charge in [-0.15, -0.1) is 0 Å². The lowest BCUT2D eigenvalue weighted by molar-refractivity contribution is 0.723. The maximum Gasteiger partial charge on any atom is -0.0152 e. The highest BCUT2D eigenvalue weighted by atomic mass is 14.2. The number of hydrogen-bond donors (Lipinski definition) is 0. The van der Waals surface area contributed by atoms with Gasteiger partial charge in [-0.2, -0.15) is 0 Å². The molecule has 0 nitrogen and oxygen atoms in total. The van der Waals surface area contributed by atoms with Gasteiger partial charge in [-0.05, 0) is 47.1 Å². The number of hydrogen-bond acceptors (Lipinski definition) is 0. The molecule has 1 saturated carbocycles. The lowest BCUT2D eigenvalue weighted by Crippen LogP contribution is -1.95. The first-order valence-corrected chi connectivity index (χ1v) is 6.90. The Bertz CT molecular complexity index is 519. The number of fused-ring (bicyclic) bond motifs is 1. The molecule has 1 fully saturated rings. The predicted molar refractivity (Wildman–Crippen MR) is 74.5 cm³/mol. The Hall–Kier alpha value is -1.30. The Morgan fingerprint density at radius 3 is 2.59 bits per heavy atom. The van der Waals surface area contributed by atoms with Gasteiger partial charge in [-0.3, -0.25) is 0 Å². The zero-order valence-corrected chi connectivity index (χ0v) is 10.6. The summed E-state index contributed by atoms with van der Waals surface area (Å²) in [5.74, 6) is 0.824. The molecule has 0 bridgehead atoms. The maximum absolute atomic E-state index is 2.46. The third kappa shape index (κ3) is 1.97. The lowest BCUT2D eigenvalue weighted by Gasteiger charge is -2.13. The Kier molecular flexibility index (Phi) is 2.88. The highest BCUT2D eigenvalue weighted by Gasteiger charge is 2.17. The molecule has 0 heterocycles. The second-order valence-corrected chi connectivity index (χ2v) is 5.24. The molecule has 0 saturated heterocycles. The summed E-state index contributed by atoms with van der Waals surface area (Å²) in [4.78, 5) is 0. The fraction of sp³-hybridized carbons (Fsp3) is 0.412. The van der Waals surface area contributed by atoms with Crippen LogP contribution in [0.3, 0.4) is 0 Å². The molecule has 0 aliphatic heterocycles. The highest BCUT2D eigenvalue weighted by Crippen LogP contribution is 2.36. The molecule has 0 radical (unpaired) electrons. The van der Waals surface area contributed by atoms with Crippen LogP contribution in [0.5, 0.6) is 0 Å². The van der Waals surface area contributed by atoms with E-state index in [9.17, 15) is 0 Å². The van der Waals surface area contributed by atoms with Gasteiger partial charge in [0, 0.05) is 0 Å². The SMILES string of the molecule is CCc1cc(C2CCCC2)cc2ccccc12.